The van der Waals surface area contributed by atoms with E-state index in [4.69, 9.17) is 11.6 Å². The van der Waals surface area contributed by atoms with E-state index in [-0.39, 0.29) is 16.8 Å². The van der Waals surface area contributed by atoms with E-state index in [9.17, 15) is 4.79 Å². The van der Waals surface area contributed by atoms with E-state index >= 15 is 0 Å². The van der Waals surface area contributed by atoms with Gasteiger partial charge in [0.1, 0.15) is 10.8 Å². The van der Waals surface area contributed by atoms with Crippen LogP contribution in [0.2, 0.25) is 5.15 Å². The molecule has 16 heavy (non-hydrogen) atoms. The maximum atomic E-state index is 11.6. The van der Waals surface area contributed by atoms with E-state index in [1.807, 2.05) is 0 Å². The molecule has 1 N–H and O–H groups in total. The van der Waals surface area contributed by atoms with Gasteiger partial charge in [-0.15, -0.1) is 11.3 Å². The summed E-state index contributed by atoms with van der Waals surface area (Å²) in [5.74, 6) is -0.302. The average Bonchev–Trinajstić information content (AvgIpc) is 2.78. The van der Waals surface area contributed by atoms with Gasteiger partial charge >= 0.3 is 0 Å². The second kappa shape index (κ2) is 5.00. The summed E-state index contributed by atoms with van der Waals surface area (Å²) in [5, 5.41) is 2.90. The van der Waals surface area contributed by atoms with Gasteiger partial charge in [0.15, 0.2) is 0 Å². The van der Waals surface area contributed by atoms with Crippen molar-refractivity contribution < 1.29 is 4.79 Å². The molecule has 2 rings (SSSR count). The number of halogens is 1. The minimum absolute atomic E-state index is 0.199. The van der Waals surface area contributed by atoms with Crippen molar-refractivity contribution in [1.82, 2.24) is 20.3 Å². The molecule has 0 fully saturated rings. The first-order valence-corrected chi connectivity index (χ1v) is 5.64. The Bertz CT molecular complexity index is 488. The molecule has 0 aromatic carbocycles. The number of carbonyl (C=O) groups is 1. The van der Waals surface area contributed by atoms with Crippen LogP contribution in [0.3, 0.4) is 0 Å². The molecule has 0 saturated carbocycles. The Labute approximate surface area is 101 Å². The van der Waals surface area contributed by atoms with Gasteiger partial charge < -0.3 is 5.32 Å². The maximum absolute atomic E-state index is 11.6. The first-order valence-electron chi connectivity index (χ1n) is 4.39. The van der Waals surface area contributed by atoms with Gasteiger partial charge in [0.2, 0.25) is 0 Å². The normalized spacial score (nSPS) is 10.1. The van der Waals surface area contributed by atoms with Crippen molar-refractivity contribution in [3.63, 3.8) is 0 Å². The number of hydrogen-bond acceptors (Lipinski definition) is 5. The molecule has 2 aromatic rings. The maximum Gasteiger partial charge on any atom is 0.271 e. The van der Waals surface area contributed by atoms with E-state index in [2.05, 4.69) is 20.3 Å². The van der Waals surface area contributed by atoms with Gasteiger partial charge in [0.05, 0.1) is 24.4 Å². The zero-order chi connectivity index (χ0) is 11.4. The van der Waals surface area contributed by atoms with Gasteiger partial charge in [0.25, 0.3) is 5.91 Å². The highest BCUT2D eigenvalue weighted by atomic mass is 35.5. The first-order chi connectivity index (χ1) is 7.75. The summed E-state index contributed by atoms with van der Waals surface area (Å²) in [6.07, 6.45) is 4.45. The Morgan fingerprint density at radius 1 is 1.38 bits per heavy atom. The van der Waals surface area contributed by atoms with Crippen molar-refractivity contribution in [2.75, 3.05) is 0 Å². The van der Waals surface area contributed by atoms with E-state index in [0.717, 1.165) is 4.88 Å². The molecular formula is C9H7ClN4OS. The van der Waals surface area contributed by atoms with Crippen LogP contribution in [0.1, 0.15) is 15.4 Å². The van der Waals surface area contributed by atoms with Crippen molar-refractivity contribution in [3.05, 3.63) is 39.8 Å². The number of thiazole rings is 1. The number of carbonyl (C=O) groups excluding carboxylic acids is 1. The molecule has 7 heteroatoms. The third-order valence-corrected chi connectivity index (χ3v) is 2.71. The fourth-order valence-corrected chi connectivity index (χ4v) is 1.72. The Morgan fingerprint density at radius 2 is 2.25 bits per heavy atom. The van der Waals surface area contributed by atoms with Crippen molar-refractivity contribution in [1.29, 1.82) is 0 Å². The molecule has 0 aliphatic rings. The first kappa shape index (κ1) is 11.0. The van der Waals surface area contributed by atoms with Gasteiger partial charge in [-0.2, -0.15) is 0 Å². The molecule has 0 radical (unpaired) electrons. The van der Waals surface area contributed by atoms with Crippen LogP contribution >= 0.6 is 22.9 Å². The zero-order valence-electron chi connectivity index (χ0n) is 8.05. The summed E-state index contributed by atoms with van der Waals surface area (Å²) >= 11 is 7.10. The molecular weight excluding hydrogens is 248 g/mol. The van der Waals surface area contributed by atoms with Crippen LogP contribution in [0.4, 0.5) is 0 Å². The number of nitrogens with one attached hydrogen (secondary N) is 1. The standard InChI is InChI=1S/C9H7ClN4OS/c10-8-4-11-3-7(14-8)9(15)13-2-6-1-12-5-16-6/h1,3-5H,2H2,(H,13,15). The van der Waals surface area contributed by atoms with Crippen LogP contribution in [-0.2, 0) is 6.54 Å². The summed E-state index contributed by atoms with van der Waals surface area (Å²) < 4.78 is 0. The molecule has 5 nitrogen and oxygen atoms in total. The summed E-state index contributed by atoms with van der Waals surface area (Å²) in [6.45, 7) is 0.428. The molecule has 0 bridgehead atoms. The van der Waals surface area contributed by atoms with E-state index < -0.39 is 0 Å². The molecule has 0 unspecified atom stereocenters. The van der Waals surface area contributed by atoms with Crippen molar-refractivity contribution in [3.8, 4) is 0 Å². The lowest BCUT2D eigenvalue weighted by atomic mass is 10.4. The molecule has 0 aliphatic carbocycles. The second-order valence-electron chi connectivity index (χ2n) is 2.88. The lowest BCUT2D eigenvalue weighted by Gasteiger charge is -2.01. The largest absolute Gasteiger partial charge is 0.346 e. The highest BCUT2D eigenvalue weighted by Gasteiger charge is 2.08. The summed E-state index contributed by atoms with van der Waals surface area (Å²) in [6, 6.07) is 0. The second-order valence-corrected chi connectivity index (χ2v) is 4.24. The zero-order valence-corrected chi connectivity index (χ0v) is 9.63. The Balaban J connectivity index is 1.98. The highest BCUT2D eigenvalue weighted by molar-refractivity contribution is 7.09. The van der Waals surface area contributed by atoms with Crippen LogP contribution in [0.5, 0.6) is 0 Å². The van der Waals surface area contributed by atoms with Crippen LogP contribution < -0.4 is 5.32 Å². The third kappa shape index (κ3) is 2.74. The molecule has 2 aromatic heterocycles. The van der Waals surface area contributed by atoms with Crippen LogP contribution in [0.15, 0.2) is 24.1 Å². The number of nitrogens with zero attached hydrogens (tertiary/aromatic N) is 3. The van der Waals surface area contributed by atoms with Gasteiger partial charge in [-0.05, 0) is 0 Å². The van der Waals surface area contributed by atoms with Crippen LogP contribution in [0.25, 0.3) is 0 Å². The molecule has 2 heterocycles. The molecule has 1 amide bonds. The van der Waals surface area contributed by atoms with E-state index in [1.54, 1.807) is 11.7 Å². The average molecular weight is 255 g/mol. The molecule has 0 spiro atoms. The Kier molecular flexibility index (Phi) is 3.43. The third-order valence-electron chi connectivity index (χ3n) is 1.74. The highest BCUT2D eigenvalue weighted by Crippen LogP contribution is 2.06. The topological polar surface area (TPSA) is 67.8 Å². The SMILES string of the molecule is O=C(NCc1cncs1)c1cncc(Cl)n1. The molecule has 0 saturated heterocycles. The van der Waals surface area contributed by atoms with Gasteiger partial charge in [-0.25, -0.2) is 4.98 Å². The monoisotopic (exact) mass is 254 g/mol. The van der Waals surface area contributed by atoms with Gasteiger partial charge in [-0.1, -0.05) is 11.6 Å². The predicted octanol–water partition coefficient (Wildman–Crippen LogP) is 1.52. The van der Waals surface area contributed by atoms with E-state index in [1.165, 1.54) is 23.7 Å². The van der Waals surface area contributed by atoms with Gasteiger partial charge in [-0.3, -0.25) is 14.8 Å². The molecule has 0 aliphatic heterocycles. The lowest BCUT2D eigenvalue weighted by Crippen LogP contribution is -2.23. The Hall–Kier alpha value is -1.53. The van der Waals surface area contributed by atoms with E-state index in [0.29, 0.717) is 6.54 Å². The Morgan fingerprint density at radius 3 is 2.94 bits per heavy atom. The van der Waals surface area contributed by atoms with Crippen LogP contribution in [-0.4, -0.2) is 20.9 Å². The summed E-state index contributed by atoms with van der Waals surface area (Å²) in [4.78, 5) is 24.1. The fraction of sp³-hybridized carbons (Fsp3) is 0.111. The molecule has 82 valence electrons. The summed E-state index contributed by atoms with van der Waals surface area (Å²) in [7, 11) is 0. The number of rotatable bonds is 3. The van der Waals surface area contributed by atoms with Gasteiger partial charge in [0, 0.05) is 11.1 Å². The van der Waals surface area contributed by atoms with Crippen molar-refractivity contribution >= 4 is 28.8 Å². The summed E-state index contributed by atoms with van der Waals surface area (Å²) in [5.41, 5.74) is 1.91. The van der Waals surface area contributed by atoms with Crippen molar-refractivity contribution in [2.45, 2.75) is 6.54 Å². The minimum Gasteiger partial charge on any atom is -0.346 e. The lowest BCUT2D eigenvalue weighted by molar-refractivity contribution is 0.0946. The van der Waals surface area contributed by atoms with Crippen molar-refractivity contribution in [2.24, 2.45) is 0 Å². The molecule has 0 atom stereocenters. The fourth-order valence-electron chi connectivity index (χ4n) is 1.04. The van der Waals surface area contributed by atoms with Crippen LogP contribution in [0, 0.1) is 0 Å². The number of hydrogen-bond donors (Lipinski definition) is 1. The predicted molar refractivity (Wildman–Crippen MR) is 60.3 cm³/mol. The smallest absolute Gasteiger partial charge is 0.271 e. The quantitative estimate of drug-likeness (QED) is 0.902. The number of amides is 1. The number of aromatic nitrogens is 3. The minimum atomic E-state index is -0.302.